The molecule has 0 rings (SSSR count). The molecule has 0 aliphatic heterocycles. The molecule has 0 bridgehead atoms. The molecule has 0 nitrogen and oxygen atoms in total. The molecule has 0 aliphatic carbocycles. The summed E-state index contributed by atoms with van der Waals surface area (Å²) < 4.78 is 0. The van der Waals surface area contributed by atoms with E-state index in [1.807, 2.05) is 0 Å². The Kier molecular flexibility index (Phi) is 277. The van der Waals surface area contributed by atoms with Crippen LogP contribution in [-0.2, 0) is 0 Å². The molecule has 0 aromatic heterocycles. The summed E-state index contributed by atoms with van der Waals surface area (Å²) in [6, 6.07) is 0. The van der Waals surface area contributed by atoms with Gasteiger partial charge in [-0.1, -0.05) is 22.3 Å². The van der Waals surface area contributed by atoms with E-state index in [1.165, 1.54) is 0 Å². The van der Waals surface area contributed by atoms with Crippen molar-refractivity contribution in [3.63, 3.8) is 0 Å². The van der Waals surface area contributed by atoms with Crippen molar-refractivity contribution in [1.29, 1.82) is 0 Å². The molecule has 0 unspecified atom stereocenters. The Hall–Kier alpha value is 6.55. The van der Waals surface area contributed by atoms with Crippen LogP contribution < -0.4 is 0 Å². The molecular weight excluding hydrogens is 192 g/mol. The molecule has 4 radical (unpaired) electrons. The van der Waals surface area contributed by atoms with Gasteiger partial charge in [-0.25, -0.2) is 0 Å². The normalized spacial score (nSPS) is 0. The minimum Gasteiger partial charge on any atom is -0.0776 e. The van der Waals surface area contributed by atoms with Crippen molar-refractivity contribution in [2.45, 2.75) is 22.3 Å². The van der Waals surface area contributed by atoms with Crippen LogP contribution in [0.5, 0.6) is 0 Å². The van der Waals surface area contributed by atoms with Gasteiger partial charge >= 0.3 is 0 Å². The van der Waals surface area contributed by atoms with Gasteiger partial charge in [0.25, 0.3) is 0 Å². The van der Waals surface area contributed by atoms with E-state index in [2.05, 4.69) is 0 Å². The zero-order chi connectivity index (χ0) is 0. The largest absolute Gasteiger partial charge is 0.0776 e. The van der Waals surface area contributed by atoms with Crippen LogP contribution in [0.4, 0.5) is 0 Å². The maximum absolute atomic E-state index is 0. The van der Waals surface area contributed by atoms with Crippen molar-refractivity contribution < 1.29 is 0 Å². The summed E-state index contributed by atoms with van der Waals surface area (Å²) >= 11 is 0. The van der Waals surface area contributed by atoms with Crippen LogP contribution in [0.1, 0.15) is 22.3 Å². The summed E-state index contributed by atoms with van der Waals surface area (Å²) in [6.07, 6.45) is 0. The fourth-order valence-electron chi connectivity index (χ4n) is 0. The van der Waals surface area contributed by atoms with Crippen molar-refractivity contribution in [1.82, 2.24) is 0 Å². The molecule has 0 aromatic rings. The molecule has 0 aliphatic rings. The van der Waals surface area contributed by atoms with Gasteiger partial charge in [0.15, 0.2) is 0 Å². The first-order chi connectivity index (χ1) is 0. The van der Waals surface area contributed by atoms with Gasteiger partial charge in [-0.05, 0) is 0 Å². The van der Waals surface area contributed by atoms with E-state index in [9.17, 15) is 0 Å². The first-order valence-electron chi connectivity index (χ1n) is 0. The van der Waals surface area contributed by atoms with Gasteiger partial charge in [-0.15, -0.1) is 0 Å². The monoisotopic (exact) mass is 204 g/mol. The Labute approximate surface area is 219 Å². The molecule has 0 amide bonds. The zero-order valence-corrected chi connectivity index (χ0v) is 16.5. The first-order valence-corrected chi connectivity index (χ1v) is 0. The van der Waals surface area contributed by atoms with E-state index in [4.69, 9.17) is 0 Å². The second kappa shape index (κ2) is 39.0. The SMILES string of the molecule is C.C.C.[K].[K].[K].[K]. The van der Waals surface area contributed by atoms with Crippen molar-refractivity contribution >= 4 is 206 Å². The molecular formula is C3H12K4. The van der Waals surface area contributed by atoms with Crippen molar-refractivity contribution in [2.75, 3.05) is 0 Å². The van der Waals surface area contributed by atoms with Crippen LogP contribution in [0, 0.1) is 0 Å². The second-order valence-corrected chi connectivity index (χ2v) is 0. The topological polar surface area (TPSA) is 0 Å². The Morgan fingerprint density at radius 1 is 0.286 bits per heavy atom. The molecule has 4 heteroatoms. The maximum atomic E-state index is 0. The fraction of sp³-hybridized carbons (Fsp3) is 1.00. The molecule has 0 N–H and O–H groups in total. The van der Waals surface area contributed by atoms with E-state index >= 15 is 0 Å². The summed E-state index contributed by atoms with van der Waals surface area (Å²) in [5.41, 5.74) is 0. The summed E-state index contributed by atoms with van der Waals surface area (Å²) in [4.78, 5) is 0. The van der Waals surface area contributed by atoms with Gasteiger partial charge < -0.3 is 0 Å². The summed E-state index contributed by atoms with van der Waals surface area (Å²) in [6.45, 7) is 0. The molecule has 28 valence electrons. The van der Waals surface area contributed by atoms with E-state index in [-0.39, 0.29) is 228 Å². The second-order valence-electron chi connectivity index (χ2n) is 0. The third-order valence-electron chi connectivity index (χ3n) is 0. The van der Waals surface area contributed by atoms with E-state index < -0.39 is 0 Å². The number of hydrogen-bond donors (Lipinski definition) is 0. The first kappa shape index (κ1) is 49.8. The zero-order valence-electron chi connectivity index (χ0n) is 4.00. The predicted octanol–water partition coefficient (Wildman–Crippen LogP) is 0.385. The quantitative estimate of drug-likeness (QED) is 0.501. The van der Waals surface area contributed by atoms with Crippen LogP contribution in [0.3, 0.4) is 0 Å². The third kappa shape index (κ3) is 32.6. The standard InChI is InChI=1S/3CH4.4K/h3*1H4;;;;. The maximum Gasteiger partial charge on any atom is 0 e. The van der Waals surface area contributed by atoms with Crippen molar-refractivity contribution in [2.24, 2.45) is 0 Å². The average molecular weight is 205 g/mol. The number of hydrogen-bond acceptors (Lipinski definition) is 0. The Bertz CT molecular complexity index is 6.90. The Morgan fingerprint density at radius 3 is 0.286 bits per heavy atom. The number of rotatable bonds is 0. The molecule has 0 spiro atoms. The van der Waals surface area contributed by atoms with Crippen LogP contribution in [0.2, 0.25) is 0 Å². The van der Waals surface area contributed by atoms with E-state index in [0.29, 0.717) is 0 Å². The predicted molar refractivity (Wildman–Crippen MR) is 43.2 cm³/mol. The van der Waals surface area contributed by atoms with Crippen LogP contribution in [0.25, 0.3) is 0 Å². The molecule has 0 atom stereocenters. The molecule has 0 saturated carbocycles. The van der Waals surface area contributed by atoms with Gasteiger partial charge in [0, 0.05) is 206 Å². The molecule has 7 heavy (non-hydrogen) atoms. The van der Waals surface area contributed by atoms with Crippen LogP contribution >= 0.6 is 0 Å². The molecule has 0 heterocycles. The summed E-state index contributed by atoms with van der Waals surface area (Å²) in [7, 11) is 0. The summed E-state index contributed by atoms with van der Waals surface area (Å²) in [5, 5.41) is 0. The fourth-order valence-corrected chi connectivity index (χ4v) is 0. The minimum absolute atomic E-state index is 0. The van der Waals surface area contributed by atoms with Crippen LogP contribution in [-0.4, -0.2) is 206 Å². The van der Waals surface area contributed by atoms with E-state index in [0.717, 1.165) is 0 Å². The summed E-state index contributed by atoms with van der Waals surface area (Å²) in [5.74, 6) is 0. The minimum atomic E-state index is 0. The molecule has 0 aromatic carbocycles. The van der Waals surface area contributed by atoms with Crippen molar-refractivity contribution in [3.05, 3.63) is 0 Å². The van der Waals surface area contributed by atoms with Gasteiger partial charge in [0.05, 0.1) is 0 Å². The Balaban J connectivity index is 0. The van der Waals surface area contributed by atoms with Crippen LogP contribution in [0.15, 0.2) is 0 Å². The molecule has 0 saturated heterocycles. The Morgan fingerprint density at radius 2 is 0.286 bits per heavy atom. The van der Waals surface area contributed by atoms with Gasteiger partial charge in [0.2, 0.25) is 0 Å². The van der Waals surface area contributed by atoms with E-state index in [1.54, 1.807) is 0 Å². The van der Waals surface area contributed by atoms with Crippen molar-refractivity contribution in [3.8, 4) is 0 Å². The van der Waals surface area contributed by atoms with Gasteiger partial charge in [0.1, 0.15) is 0 Å². The van der Waals surface area contributed by atoms with Gasteiger partial charge in [-0.3, -0.25) is 0 Å². The smallest absolute Gasteiger partial charge is 0 e. The third-order valence-corrected chi connectivity index (χ3v) is 0. The average Bonchev–Trinajstić information content (AvgIpc) is 0. The molecule has 0 fully saturated rings. The van der Waals surface area contributed by atoms with Gasteiger partial charge in [-0.2, -0.15) is 0 Å².